The molecule has 0 aliphatic heterocycles. The van der Waals surface area contributed by atoms with E-state index in [-0.39, 0.29) is 5.41 Å². The molecule has 30 heavy (non-hydrogen) atoms. The number of nitrogens with one attached hydrogen (secondary N) is 1. The van der Waals surface area contributed by atoms with Crippen LogP contribution in [0.25, 0.3) is 11.6 Å². The summed E-state index contributed by atoms with van der Waals surface area (Å²) >= 11 is 6.11. The molecule has 5 rings (SSSR count). The van der Waals surface area contributed by atoms with Crippen molar-refractivity contribution >= 4 is 34.9 Å². The highest BCUT2D eigenvalue weighted by Gasteiger charge is 2.51. The van der Waals surface area contributed by atoms with Gasteiger partial charge in [0, 0.05) is 21.7 Å². The normalized spacial score (nSPS) is 25.0. The minimum atomic E-state index is -1.02. The van der Waals surface area contributed by atoms with Gasteiger partial charge in [-0.3, -0.25) is 0 Å². The van der Waals surface area contributed by atoms with Crippen molar-refractivity contribution in [3.63, 3.8) is 0 Å². The molecular weight excluding hydrogens is 398 g/mol. The molecule has 0 amide bonds. The number of carbonyl (C=O) groups is 1. The molecule has 2 aliphatic rings. The Morgan fingerprint density at radius 2 is 1.83 bits per heavy atom. The van der Waals surface area contributed by atoms with E-state index < -0.39 is 11.5 Å². The van der Waals surface area contributed by atoms with Gasteiger partial charge in [-0.1, -0.05) is 41.9 Å². The van der Waals surface area contributed by atoms with Gasteiger partial charge in [0.1, 0.15) is 5.54 Å². The predicted molar refractivity (Wildman–Crippen MR) is 119 cm³/mol. The lowest BCUT2D eigenvalue weighted by Crippen LogP contribution is -2.52. The third-order valence-corrected chi connectivity index (χ3v) is 6.93. The third-order valence-electron chi connectivity index (χ3n) is 6.70. The quantitative estimate of drug-likeness (QED) is 0.525. The van der Waals surface area contributed by atoms with Gasteiger partial charge in [0.15, 0.2) is 0 Å². The number of hydrogen-bond acceptors (Lipinski definition) is 3. The molecule has 3 aromatic rings. The van der Waals surface area contributed by atoms with Crippen molar-refractivity contribution in [1.29, 1.82) is 0 Å². The first-order chi connectivity index (χ1) is 14.5. The van der Waals surface area contributed by atoms with Gasteiger partial charge in [0.05, 0.1) is 12.5 Å². The summed E-state index contributed by atoms with van der Waals surface area (Å²) in [4.78, 5) is 12.4. The first-order valence-corrected chi connectivity index (χ1v) is 10.5. The van der Waals surface area contributed by atoms with Crippen molar-refractivity contribution in [2.24, 2.45) is 0 Å². The van der Waals surface area contributed by atoms with Crippen molar-refractivity contribution in [3.8, 4) is 0 Å². The summed E-state index contributed by atoms with van der Waals surface area (Å²) in [7, 11) is 0. The van der Waals surface area contributed by atoms with Gasteiger partial charge in [-0.2, -0.15) is 0 Å². The second-order valence-corrected chi connectivity index (χ2v) is 8.70. The summed E-state index contributed by atoms with van der Waals surface area (Å²) < 4.78 is 5.37. The summed E-state index contributed by atoms with van der Waals surface area (Å²) in [5.74, 6) is -0.822. The Balaban J connectivity index is 1.51. The van der Waals surface area contributed by atoms with Gasteiger partial charge in [-0.05, 0) is 72.7 Å². The number of carboxylic acid groups (broad SMARTS) is 1. The molecule has 0 atom stereocenters. The van der Waals surface area contributed by atoms with E-state index in [4.69, 9.17) is 16.0 Å². The average Bonchev–Trinajstić information content (AvgIpc) is 3.37. The number of fused-ring (bicyclic) bond motifs is 2. The van der Waals surface area contributed by atoms with Crippen LogP contribution < -0.4 is 5.32 Å². The first-order valence-electron chi connectivity index (χ1n) is 10.1. The molecule has 0 saturated heterocycles. The molecular formula is C25H22ClNO3. The van der Waals surface area contributed by atoms with Crippen LogP contribution in [0.1, 0.15) is 42.4 Å². The smallest absolute Gasteiger partial charge is 0.329 e. The van der Waals surface area contributed by atoms with Crippen molar-refractivity contribution in [2.75, 3.05) is 5.32 Å². The van der Waals surface area contributed by atoms with E-state index in [1.807, 2.05) is 24.3 Å². The van der Waals surface area contributed by atoms with Crippen LogP contribution in [-0.2, 0) is 10.2 Å². The van der Waals surface area contributed by atoms with Crippen LogP contribution in [0, 0.1) is 0 Å². The molecule has 1 aromatic heterocycles. The topological polar surface area (TPSA) is 62.5 Å². The third kappa shape index (κ3) is 2.94. The summed E-state index contributed by atoms with van der Waals surface area (Å²) in [6, 6.07) is 17.7. The standard InChI is InChI=1S/C25H22ClNO3/c26-19-5-3-6-20(15-19)27-25(23(28)29)11-9-24(10-12-25)21-7-2-1-4-17(21)14-22(24)18-8-13-30-16-18/h1-8,13-16,27H,9-12H2,(H,28,29). The number of rotatable bonds is 4. The van der Waals surface area contributed by atoms with Crippen LogP contribution in [0.3, 0.4) is 0 Å². The van der Waals surface area contributed by atoms with Crippen LogP contribution >= 0.6 is 11.6 Å². The van der Waals surface area contributed by atoms with Crippen LogP contribution in [0.5, 0.6) is 0 Å². The minimum Gasteiger partial charge on any atom is -0.480 e. The summed E-state index contributed by atoms with van der Waals surface area (Å²) in [6.45, 7) is 0. The van der Waals surface area contributed by atoms with Crippen LogP contribution in [0.15, 0.2) is 71.5 Å². The van der Waals surface area contributed by atoms with Gasteiger partial charge in [0.2, 0.25) is 0 Å². The van der Waals surface area contributed by atoms with E-state index in [2.05, 4.69) is 29.6 Å². The molecule has 1 saturated carbocycles. The summed E-state index contributed by atoms with van der Waals surface area (Å²) in [5.41, 5.74) is 4.29. The van der Waals surface area contributed by atoms with Crippen LogP contribution in [0.4, 0.5) is 5.69 Å². The molecule has 4 nitrogen and oxygen atoms in total. The lowest BCUT2D eigenvalue weighted by Gasteiger charge is -2.45. The molecule has 2 N–H and O–H groups in total. The molecule has 2 aliphatic carbocycles. The van der Waals surface area contributed by atoms with Gasteiger partial charge < -0.3 is 14.8 Å². The van der Waals surface area contributed by atoms with Crippen molar-refractivity contribution < 1.29 is 14.3 Å². The molecule has 1 spiro atoms. The largest absolute Gasteiger partial charge is 0.480 e. The second-order valence-electron chi connectivity index (χ2n) is 8.26. The highest BCUT2D eigenvalue weighted by molar-refractivity contribution is 6.30. The summed E-state index contributed by atoms with van der Waals surface area (Å²) in [5, 5.41) is 14.0. The Hall–Kier alpha value is -2.98. The first kappa shape index (κ1) is 19.0. The molecule has 1 fully saturated rings. The Bertz CT molecular complexity index is 1120. The van der Waals surface area contributed by atoms with Crippen LogP contribution in [0.2, 0.25) is 5.02 Å². The molecule has 1 heterocycles. The van der Waals surface area contributed by atoms with E-state index in [0.29, 0.717) is 17.9 Å². The fourth-order valence-corrected chi connectivity index (χ4v) is 5.34. The van der Waals surface area contributed by atoms with Crippen molar-refractivity contribution in [1.82, 2.24) is 0 Å². The van der Waals surface area contributed by atoms with Gasteiger partial charge in [-0.25, -0.2) is 4.79 Å². The fourth-order valence-electron chi connectivity index (χ4n) is 5.15. The van der Waals surface area contributed by atoms with Crippen molar-refractivity contribution in [2.45, 2.75) is 36.6 Å². The summed E-state index contributed by atoms with van der Waals surface area (Å²) in [6.07, 6.45) is 8.21. The number of carboxylic acids is 1. The van der Waals surface area contributed by atoms with Crippen molar-refractivity contribution in [3.05, 3.63) is 88.8 Å². The Kier molecular flexibility index (Phi) is 4.48. The molecule has 0 radical (unpaired) electrons. The minimum absolute atomic E-state index is 0.199. The number of furan rings is 1. The molecule has 0 bridgehead atoms. The zero-order valence-corrected chi connectivity index (χ0v) is 17.2. The van der Waals surface area contributed by atoms with E-state index in [0.717, 1.165) is 24.1 Å². The number of hydrogen-bond donors (Lipinski definition) is 2. The number of aliphatic carboxylic acids is 1. The number of allylic oxidation sites excluding steroid dienone is 1. The molecule has 2 aromatic carbocycles. The van der Waals surface area contributed by atoms with E-state index in [1.165, 1.54) is 16.7 Å². The van der Waals surface area contributed by atoms with Gasteiger partial charge in [-0.15, -0.1) is 0 Å². The highest BCUT2D eigenvalue weighted by atomic mass is 35.5. The molecule has 0 unspecified atom stereocenters. The zero-order chi connectivity index (χ0) is 20.8. The maximum Gasteiger partial charge on any atom is 0.329 e. The fraction of sp³-hybridized carbons (Fsp3) is 0.240. The number of anilines is 1. The molecule has 152 valence electrons. The second kappa shape index (κ2) is 7.06. The lowest BCUT2D eigenvalue weighted by molar-refractivity contribution is -0.143. The van der Waals surface area contributed by atoms with E-state index in [9.17, 15) is 9.90 Å². The monoisotopic (exact) mass is 419 g/mol. The average molecular weight is 420 g/mol. The van der Waals surface area contributed by atoms with Gasteiger partial charge >= 0.3 is 5.97 Å². The maximum atomic E-state index is 12.4. The Morgan fingerprint density at radius 3 is 2.53 bits per heavy atom. The Labute approximate surface area is 180 Å². The van der Waals surface area contributed by atoms with Crippen LogP contribution in [-0.4, -0.2) is 16.6 Å². The van der Waals surface area contributed by atoms with E-state index in [1.54, 1.807) is 24.7 Å². The van der Waals surface area contributed by atoms with E-state index >= 15 is 0 Å². The SMILES string of the molecule is O=C(O)C1(Nc2cccc(Cl)c2)CCC2(CC1)C(c1ccoc1)=Cc1ccccc12. The number of benzene rings is 2. The number of halogens is 1. The Morgan fingerprint density at radius 1 is 1.03 bits per heavy atom. The lowest BCUT2D eigenvalue weighted by atomic mass is 9.61. The van der Waals surface area contributed by atoms with Gasteiger partial charge in [0.25, 0.3) is 0 Å². The maximum absolute atomic E-state index is 12.4. The predicted octanol–water partition coefficient (Wildman–Crippen LogP) is 6.23. The zero-order valence-electron chi connectivity index (χ0n) is 16.4. The highest BCUT2D eigenvalue weighted by Crippen LogP contribution is 2.56. The molecule has 5 heteroatoms.